The van der Waals surface area contributed by atoms with E-state index in [-0.39, 0.29) is 0 Å². The number of likely N-dealkylation sites (N-methyl/N-ethyl adjacent to an activating group) is 1. The van der Waals surface area contributed by atoms with Crippen molar-refractivity contribution in [3.05, 3.63) is 0 Å². The Hall–Kier alpha value is -0.0800. The van der Waals surface area contributed by atoms with Crippen LogP contribution in [0.3, 0.4) is 0 Å². The molecule has 1 heterocycles. The van der Waals surface area contributed by atoms with Crippen molar-refractivity contribution < 1.29 is 0 Å². The molecule has 1 saturated heterocycles. The summed E-state index contributed by atoms with van der Waals surface area (Å²) < 4.78 is 0. The molecule has 2 heteroatoms. The maximum Gasteiger partial charge on any atom is 0.0249 e. The molecule has 0 aromatic carbocycles. The van der Waals surface area contributed by atoms with Gasteiger partial charge in [-0.15, -0.1) is 0 Å². The fourth-order valence-corrected chi connectivity index (χ4v) is 3.15. The Kier molecular flexibility index (Phi) is 3.45. The van der Waals surface area contributed by atoms with E-state index >= 15 is 0 Å². The smallest absolute Gasteiger partial charge is 0.0249 e. The molecule has 2 nitrogen and oxygen atoms in total. The second kappa shape index (κ2) is 4.63. The number of hydrogen-bond donors (Lipinski definition) is 1. The number of likely N-dealkylation sites (tertiary alicyclic amines) is 1. The van der Waals surface area contributed by atoms with Crippen LogP contribution in [0, 0.1) is 5.92 Å². The SMILES string of the molecule is CCNC1CCCC1N1CCC(C)C1. The third-order valence-corrected chi connectivity index (χ3v) is 3.87. The summed E-state index contributed by atoms with van der Waals surface area (Å²) in [6.07, 6.45) is 5.65. The van der Waals surface area contributed by atoms with Gasteiger partial charge in [-0.1, -0.05) is 20.3 Å². The zero-order valence-corrected chi connectivity index (χ0v) is 9.63. The van der Waals surface area contributed by atoms with Crippen LogP contribution in [-0.4, -0.2) is 36.6 Å². The predicted molar refractivity (Wildman–Crippen MR) is 60.5 cm³/mol. The Labute approximate surface area is 88.1 Å². The van der Waals surface area contributed by atoms with Crippen LogP contribution in [0.15, 0.2) is 0 Å². The van der Waals surface area contributed by atoms with E-state index in [1.807, 2.05) is 0 Å². The van der Waals surface area contributed by atoms with Crippen molar-refractivity contribution in [1.29, 1.82) is 0 Å². The normalized spacial score (nSPS) is 39.4. The van der Waals surface area contributed by atoms with Gasteiger partial charge < -0.3 is 5.32 Å². The zero-order chi connectivity index (χ0) is 9.97. The number of rotatable bonds is 3. The van der Waals surface area contributed by atoms with E-state index < -0.39 is 0 Å². The molecule has 82 valence electrons. The van der Waals surface area contributed by atoms with E-state index in [0.717, 1.165) is 24.5 Å². The Morgan fingerprint density at radius 1 is 1.29 bits per heavy atom. The standard InChI is InChI=1S/C12H24N2/c1-3-13-11-5-4-6-12(11)14-8-7-10(2)9-14/h10-13H,3-9H2,1-2H3. The third kappa shape index (κ3) is 2.12. The molecule has 0 aromatic rings. The summed E-state index contributed by atoms with van der Waals surface area (Å²) in [5.74, 6) is 0.929. The van der Waals surface area contributed by atoms with Crippen LogP contribution >= 0.6 is 0 Å². The molecule has 0 aromatic heterocycles. The fourth-order valence-electron chi connectivity index (χ4n) is 3.15. The van der Waals surface area contributed by atoms with Crippen molar-refractivity contribution in [2.24, 2.45) is 5.92 Å². The van der Waals surface area contributed by atoms with Crippen LogP contribution in [0.25, 0.3) is 0 Å². The van der Waals surface area contributed by atoms with Gasteiger partial charge in [0.1, 0.15) is 0 Å². The Morgan fingerprint density at radius 2 is 2.14 bits per heavy atom. The van der Waals surface area contributed by atoms with Gasteiger partial charge in [-0.05, 0) is 38.3 Å². The van der Waals surface area contributed by atoms with Crippen LogP contribution in [0.5, 0.6) is 0 Å². The highest BCUT2D eigenvalue weighted by Crippen LogP contribution is 2.28. The van der Waals surface area contributed by atoms with E-state index in [1.54, 1.807) is 0 Å². The van der Waals surface area contributed by atoms with Gasteiger partial charge in [0.05, 0.1) is 0 Å². The highest BCUT2D eigenvalue weighted by molar-refractivity contribution is 4.92. The van der Waals surface area contributed by atoms with Crippen LogP contribution in [0.1, 0.15) is 39.5 Å². The monoisotopic (exact) mass is 196 g/mol. The topological polar surface area (TPSA) is 15.3 Å². The summed E-state index contributed by atoms with van der Waals surface area (Å²) in [6, 6.07) is 1.63. The summed E-state index contributed by atoms with van der Waals surface area (Å²) in [5, 5.41) is 3.64. The molecule has 0 spiro atoms. The Balaban J connectivity index is 1.89. The minimum Gasteiger partial charge on any atom is -0.313 e. The van der Waals surface area contributed by atoms with Crippen LogP contribution in [0.4, 0.5) is 0 Å². The summed E-state index contributed by atoms with van der Waals surface area (Å²) in [6.45, 7) is 8.42. The van der Waals surface area contributed by atoms with Gasteiger partial charge in [-0.2, -0.15) is 0 Å². The highest BCUT2D eigenvalue weighted by Gasteiger charge is 2.34. The van der Waals surface area contributed by atoms with Gasteiger partial charge in [0.2, 0.25) is 0 Å². The van der Waals surface area contributed by atoms with E-state index in [0.29, 0.717) is 0 Å². The second-order valence-electron chi connectivity index (χ2n) is 5.05. The Morgan fingerprint density at radius 3 is 2.79 bits per heavy atom. The minimum atomic E-state index is 0.783. The van der Waals surface area contributed by atoms with Gasteiger partial charge in [-0.3, -0.25) is 4.90 Å². The van der Waals surface area contributed by atoms with Crippen molar-refractivity contribution in [2.75, 3.05) is 19.6 Å². The molecular formula is C12H24N2. The molecule has 0 radical (unpaired) electrons. The molecule has 3 atom stereocenters. The van der Waals surface area contributed by atoms with Gasteiger partial charge in [0.15, 0.2) is 0 Å². The van der Waals surface area contributed by atoms with Gasteiger partial charge in [0.25, 0.3) is 0 Å². The van der Waals surface area contributed by atoms with E-state index in [1.165, 1.54) is 38.8 Å². The highest BCUT2D eigenvalue weighted by atomic mass is 15.2. The lowest BCUT2D eigenvalue weighted by Crippen LogP contribution is -2.45. The minimum absolute atomic E-state index is 0.783. The second-order valence-corrected chi connectivity index (χ2v) is 5.05. The summed E-state index contributed by atoms with van der Waals surface area (Å²) >= 11 is 0. The predicted octanol–water partition coefficient (Wildman–Crippen LogP) is 1.86. The molecule has 1 aliphatic heterocycles. The zero-order valence-electron chi connectivity index (χ0n) is 9.63. The lowest BCUT2D eigenvalue weighted by atomic mass is 10.1. The molecule has 1 saturated carbocycles. The van der Waals surface area contributed by atoms with Gasteiger partial charge in [0, 0.05) is 18.6 Å². The maximum atomic E-state index is 3.64. The third-order valence-electron chi connectivity index (χ3n) is 3.87. The first kappa shape index (κ1) is 10.4. The van der Waals surface area contributed by atoms with Gasteiger partial charge in [-0.25, -0.2) is 0 Å². The van der Waals surface area contributed by atoms with Crippen molar-refractivity contribution in [2.45, 2.75) is 51.6 Å². The molecule has 14 heavy (non-hydrogen) atoms. The number of nitrogens with one attached hydrogen (secondary N) is 1. The van der Waals surface area contributed by atoms with Crippen molar-refractivity contribution in [3.63, 3.8) is 0 Å². The molecule has 2 fully saturated rings. The molecule has 1 aliphatic carbocycles. The van der Waals surface area contributed by atoms with E-state index in [4.69, 9.17) is 0 Å². The lowest BCUT2D eigenvalue weighted by molar-refractivity contribution is 0.207. The number of hydrogen-bond acceptors (Lipinski definition) is 2. The van der Waals surface area contributed by atoms with E-state index in [9.17, 15) is 0 Å². The Bertz CT molecular complexity index is 181. The molecule has 0 amide bonds. The first-order valence-corrected chi connectivity index (χ1v) is 6.28. The quantitative estimate of drug-likeness (QED) is 0.741. The first-order valence-electron chi connectivity index (χ1n) is 6.28. The van der Waals surface area contributed by atoms with Crippen molar-refractivity contribution >= 4 is 0 Å². The molecule has 0 bridgehead atoms. The summed E-state index contributed by atoms with van der Waals surface area (Å²) in [5.41, 5.74) is 0. The maximum absolute atomic E-state index is 3.64. The molecular weight excluding hydrogens is 172 g/mol. The summed E-state index contributed by atoms with van der Waals surface area (Å²) in [4.78, 5) is 2.73. The molecule has 1 N–H and O–H groups in total. The summed E-state index contributed by atoms with van der Waals surface area (Å²) in [7, 11) is 0. The average Bonchev–Trinajstić information content (AvgIpc) is 2.74. The first-order chi connectivity index (χ1) is 6.81. The van der Waals surface area contributed by atoms with Crippen LogP contribution in [0.2, 0.25) is 0 Å². The number of nitrogens with zero attached hydrogens (tertiary/aromatic N) is 1. The lowest BCUT2D eigenvalue weighted by Gasteiger charge is -2.29. The molecule has 3 unspecified atom stereocenters. The molecule has 2 rings (SSSR count). The average molecular weight is 196 g/mol. The fraction of sp³-hybridized carbons (Fsp3) is 1.00. The van der Waals surface area contributed by atoms with Gasteiger partial charge >= 0.3 is 0 Å². The molecule has 2 aliphatic rings. The van der Waals surface area contributed by atoms with Crippen LogP contribution < -0.4 is 5.32 Å². The van der Waals surface area contributed by atoms with Crippen molar-refractivity contribution in [1.82, 2.24) is 10.2 Å². The van der Waals surface area contributed by atoms with Crippen LogP contribution in [-0.2, 0) is 0 Å². The van der Waals surface area contributed by atoms with E-state index in [2.05, 4.69) is 24.1 Å². The largest absolute Gasteiger partial charge is 0.313 e. The van der Waals surface area contributed by atoms with Crippen molar-refractivity contribution in [3.8, 4) is 0 Å².